The van der Waals surface area contributed by atoms with Crippen molar-refractivity contribution in [2.24, 2.45) is 5.92 Å². The minimum Gasteiger partial charge on any atom is -0.478 e. The van der Waals surface area contributed by atoms with Crippen molar-refractivity contribution in [2.75, 3.05) is 13.1 Å². The summed E-state index contributed by atoms with van der Waals surface area (Å²) in [4.78, 5) is 34.8. The molecule has 1 aliphatic carbocycles. The number of rotatable bonds is 5. The normalized spacial score (nSPS) is 22.1. The highest BCUT2D eigenvalue weighted by Crippen LogP contribution is 2.41. The van der Waals surface area contributed by atoms with Crippen molar-refractivity contribution in [1.82, 2.24) is 15.6 Å². The quantitative estimate of drug-likeness (QED) is 0.477. The molecule has 2 unspecified atom stereocenters. The molecule has 160 valence electrons. The number of piperidine rings is 1. The summed E-state index contributed by atoms with van der Waals surface area (Å²) < 4.78 is 0. The van der Waals surface area contributed by atoms with Crippen LogP contribution in [0.5, 0.6) is 0 Å². The minimum absolute atomic E-state index is 0.0866. The number of H-pyrrole nitrogens is 1. The van der Waals surface area contributed by atoms with Gasteiger partial charge >= 0.3 is 11.9 Å². The smallest absolute Gasteiger partial charge is 0.328 e. The lowest BCUT2D eigenvalue weighted by atomic mass is 9.73. The molecule has 1 fully saturated rings. The van der Waals surface area contributed by atoms with Crippen molar-refractivity contribution < 1.29 is 24.6 Å². The minimum atomic E-state index is -1.26. The number of carboxylic acids is 2. The third kappa shape index (κ3) is 4.88. The number of aliphatic carboxylic acids is 2. The maximum atomic E-state index is 12.3. The lowest BCUT2D eigenvalue weighted by Gasteiger charge is -2.39. The number of hydrogen-bond donors (Lipinski definition) is 5. The first kappa shape index (κ1) is 21.6. The van der Waals surface area contributed by atoms with E-state index >= 15 is 0 Å². The van der Waals surface area contributed by atoms with Crippen LogP contribution in [0.1, 0.15) is 36.8 Å². The molecule has 2 heterocycles. The van der Waals surface area contributed by atoms with Gasteiger partial charge in [-0.3, -0.25) is 4.79 Å². The van der Waals surface area contributed by atoms with Crippen LogP contribution < -0.4 is 10.6 Å². The van der Waals surface area contributed by atoms with E-state index in [1.165, 1.54) is 22.0 Å². The molecule has 1 aliphatic heterocycles. The summed E-state index contributed by atoms with van der Waals surface area (Å²) in [6, 6.07) is 6.97. The zero-order chi connectivity index (χ0) is 21.7. The number of hydrogen-bond acceptors (Lipinski definition) is 4. The lowest BCUT2D eigenvalue weighted by Crippen LogP contribution is -2.50. The number of amides is 1. The number of carbonyl (C=O) groups excluding carboxylic acids is 1. The molecule has 0 bridgehead atoms. The monoisotopic (exact) mass is 413 g/mol. The van der Waals surface area contributed by atoms with E-state index in [4.69, 9.17) is 10.2 Å². The summed E-state index contributed by atoms with van der Waals surface area (Å²) in [7, 11) is 0. The van der Waals surface area contributed by atoms with Gasteiger partial charge in [0, 0.05) is 54.3 Å². The maximum absolute atomic E-state index is 12.3. The first-order valence-corrected chi connectivity index (χ1v) is 10.1. The number of carbonyl (C=O) groups is 3. The third-order valence-corrected chi connectivity index (χ3v) is 5.60. The van der Waals surface area contributed by atoms with Crippen LogP contribution in [-0.4, -0.2) is 52.2 Å². The number of carboxylic acid groups (broad SMARTS) is 2. The summed E-state index contributed by atoms with van der Waals surface area (Å²) in [6.45, 7) is 3.66. The molecule has 0 radical (unpaired) electrons. The molecule has 1 aromatic heterocycles. The zero-order valence-corrected chi connectivity index (χ0v) is 16.9. The molecule has 0 spiro atoms. The fourth-order valence-electron chi connectivity index (χ4n) is 4.28. The molecular formula is C22H27N3O5. The van der Waals surface area contributed by atoms with Crippen molar-refractivity contribution in [1.29, 1.82) is 0 Å². The predicted octanol–water partition coefficient (Wildman–Crippen LogP) is 2.02. The Bertz CT molecular complexity index is 949. The summed E-state index contributed by atoms with van der Waals surface area (Å²) in [5, 5.41) is 23.7. The lowest BCUT2D eigenvalue weighted by molar-refractivity contribution is -0.134. The van der Waals surface area contributed by atoms with E-state index in [1.807, 2.05) is 0 Å². The fourth-order valence-corrected chi connectivity index (χ4v) is 4.28. The van der Waals surface area contributed by atoms with E-state index in [-0.39, 0.29) is 11.8 Å². The molecule has 1 aromatic carbocycles. The van der Waals surface area contributed by atoms with Gasteiger partial charge < -0.3 is 25.8 Å². The standard InChI is InChI=1S/C18H23N3O.C4H4O4/c1-2-6-19-18(22)12-7-14-13-4-3-5-15-17(13)11(9-20-15)8-16(14)21-10-12;5-3(6)1-2-4(7)8/h3-5,9,12,14,16,20-21H,2,6-8,10H2,1H3,(H,19,22);1-2H,(H,5,6)(H,7,8)/b;2-1-/t12?,14?,16-;/m1./s1. The second kappa shape index (κ2) is 9.58. The summed E-state index contributed by atoms with van der Waals surface area (Å²) in [5.41, 5.74) is 4.04. The van der Waals surface area contributed by atoms with E-state index in [0.29, 0.717) is 24.1 Å². The topological polar surface area (TPSA) is 132 Å². The highest BCUT2D eigenvalue weighted by molar-refractivity contribution is 5.90. The van der Waals surface area contributed by atoms with Crippen LogP contribution in [0, 0.1) is 5.92 Å². The Morgan fingerprint density at radius 3 is 2.60 bits per heavy atom. The first-order valence-electron chi connectivity index (χ1n) is 10.1. The fraction of sp³-hybridized carbons (Fsp3) is 0.409. The number of aromatic amines is 1. The van der Waals surface area contributed by atoms with Crippen LogP contribution in [0.2, 0.25) is 0 Å². The van der Waals surface area contributed by atoms with Crippen molar-refractivity contribution in [3.8, 4) is 0 Å². The van der Waals surface area contributed by atoms with Gasteiger partial charge in [0.25, 0.3) is 0 Å². The van der Waals surface area contributed by atoms with Crippen molar-refractivity contribution in [2.45, 2.75) is 38.1 Å². The summed E-state index contributed by atoms with van der Waals surface area (Å²) >= 11 is 0. The Balaban J connectivity index is 0.000000275. The second-order valence-electron chi connectivity index (χ2n) is 7.64. The Kier molecular flexibility index (Phi) is 6.89. The van der Waals surface area contributed by atoms with Crippen LogP contribution in [0.4, 0.5) is 0 Å². The van der Waals surface area contributed by atoms with Gasteiger partial charge in [-0.15, -0.1) is 0 Å². The third-order valence-electron chi connectivity index (χ3n) is 5.60. The van der Waals surface area contributed by atoms with Gasteiger partial charge in [0.1, 0.15) is 0 Å². The SMILES string of the molecule is CCCNC(=O)C1CN[C@@H]2Cc3c[nH]c4cccc(c34)C2C1.O=C(O)/C=C\C(=O)O. The summed E-state index contributed by atoms with van der Waals surface area (Å²) in [6.07, 6.45) is 6.27. The van der Waals surface area contributed by atoms with Gasteiger partial charge in [0.15, 0.2) is 0 Å². The molecule has 5 N–H and O–H groups in total. The molecule has 0 saturated carbocycles. The largest absolute Gasteiger partial charge is 0.478 e. The number of aromatic nitrogens is 1. The van der Waals surface area contributed by atoms with Crippen LogP contribution in [-0.2, 0) is 20.8 Å². The average Bonchev–Trinajstić information content (AvgIpc) is 3.15. The zero-order valence-electron chi connectivity index (χ0n) is 16.9. The molecule has 8 heteroatoms. The molecule has 2 aromatic rings. The van der Waals surface area contributed by atoms with E-state index < -0.39 is 11.9 Å². The number of nitrogens with one attached hydrogen (secondary N) is 3. The van der Waals surface area contributed by atoms with Crippen LogP contribution >= 0.6 is 0 Å². The van der Waals surface area contributed by atoms with Crippen LogP contribution in [0.15, 0.2) is 36.5 Å². The Morgan fingerprint density at radius 2 is 1.93 bits per heavy atom. The Hall–Kier alpha value is -3.13. The molecule has 2 aliphatic rings. The van der Waals surface area contributed by atoms with Crippen molar-refractivity contribution >= 4 is 28.7 Å². The van der Waals surface area contributed by atoms with Gasteiger partial charge in [-0.2, -0.15) is 0 Å². The molecule has 4 rings (SSSR count). The highest BCUT2D eigenvalue weighted by Gasteiger charge is 2.38. The van der Waals surface area contributed by atoms with E-state index in [9.17, 15) is 14.4 Å². The number of fused-ring (bicyclic) bond motifs is 2. The molecule has 8 nitrogen and oxygen atoms in total. The molecule has 3 atom stereocenters. The van der Waals surface area contributed by atoms with Gasteiger partial charge in [-0.1, -0.05) is 19.1 Å². The van der Waals surface area contributed by atoms with Crippen LogP contribution in [0.25, 0.3) is 10.9 Å². The van der Waals surface area contributed by atoms with Crippen LogP contribution in [0.3, 0.4) is 0 Å². The van der Waals surface area contributed by atoms with E-state index in [0.717, 1.165) is 32.4 Å². The summed E-state index contributed by atoms with van der Waals surface area (Å²) in [5.74, 6) is -1.78. The average molecular weight is 413 g/mol. The molecule has 30 heavy (non-hydrogen) atoms. The van der Waals surface area contributed by atoms with Gasteiger partial charge in [0.2, 0.25) is 5.91 Å². The van der Waals surface area contributed by atoms with E-state index in [2.05, 4.69) is 46.9 Å². The second-order valence-corrected chi connectivity index (χ2v) is 7.64. The van der Waals surface area contributed by atoms with Crippen molar-refractivity contribution in [3.63, 3.8) is 0 Å². The molecule has 1 amide bonds. The first-order chi connectivity index (χ1) is 14.4. The maximum Gasteiger partial charge on any atom is 0.328 e. The number of benzene rings is 1. The molecular weight excluding hydrogens is 386 g/mol. The molecule has 1 saturated heterocycles. The van der Waals surface area contributed by atoms with Gasteiger partial charge in [-0.05, 0) is 36.5 Å². The highest BCUT2D eigenvalue weighted by atomic mass is 16.4. The predicted molar refractivity (Wildman–Crippen MR) is 112 cm³/mol. The van der Waals surface area contributed by atoms with Gasteiger partial charge in [-0.25, -0.2) is 9.59 Å². The Labute approximate surface area is 174 Å². The van der Waals surface area contributed by atoms with Crippen molar-refractivity contribution in [3.05, 3.63) is 47.7 Å². The van der Waals surface area contributed by atoms with Gasteiger partial charge in [0.05, 0.1) is 5.92 Å². The Morgan fingerprint density at radius 1 is 1.20 bits per heavy atom. The van der Waals surface area contributed by atoms with E-state index in [1.54, 1.807) is 0 Å².